The van der Waals surface area contributed by atoms with Gasteiger partial charge in [-0.3, -0.25) is 18.8 Å². The van der Waals surface area contributed by atoms with E-state index in [4.69, 9.17) is 10.5 Å². The highest BCUT2D eigenvalue weighted by molar-refractivity contribution is 5.89. The lowest BCUT2D eigenvalue weighted by molar-refractivity contribution is 0.0600. The van der Waals surface area contributed by atoms with Gasteiger partial charge < -0.3 is 15.4 Å². The normalized spacial score (nSPS) is 14.4. The monoisotopic (exact) mass is 603 g/mol. The van der Waals surface area contributed by atoms with E-state index in [9.17, 15) is 23.2 Å². The molecule has 2 N–H and O–H groups in total. The number of hydrogen-bond donors (Lipinski definition) is 1. The second-order valence-corrected chi connectivity index (χ2v) is 10.9. The molecule has 11 heteroatoms. The Morgan fingerprint density at radius 1 is 0.864 bits per heavy atom. The number of piperazine rings is 1. The number of rotatable bonds is 9. The minimum atomic E-state index is -0.773. The molecule has 1 aromatic heterocycles. The van der Waals surface area contributed by atoms with Gasteiger partial charge in [-0.2, -0.15) is 0 Å². The van der Waals surface area contributed by atoms with Crippen LogP contribution in [0.4, 0.5) is 14.5 Å². The number of anilines is 1. The molecule has 5 rings (SSSR count). The van der Waals surface area contributed by atoms with E-state index in [1.807, 2.05) is 47.4 Å². The number of carbonyl (C=O) groups is 1. The van der Waals surface area contributed by atoms with Crippen molar-refractivity contribution in [2.75, 3.05) is 38.2 Å². The molecule has 1 fully saturated rings. The fourth-order valence-corrected chi connectivity index (χ4v) is 5.59. The Morgan fingerprint density at radius 3 is 2.11 bits per heavy atom. The maximum atomic E-state index is 14.7. The SMILES string of the molecule is COC(=O)c1ccc(CN2CCN(c3c(C)n(Cc4c(F)cccc4F)c(=O)n(C[C@H](N)c4ccccc4)c3=O)CC2)cc1. The number of nitrogens with zero attached hydrogens (tertiary/aromatic N) is 4. The molecule has 2 heterocycles. The molecular weight excluding hydrogens is 568 g/mol. The Bertz CT molecular complexity index is 1730. The van der Waals surface area contributed by atoms with Crippen molar-refractivity contribution >= 4 is 11.7 Å². The Labute approximate surface area is 253 Å². The lowest BCUT2D eigenvalue weighted by Crippen LogP contribution is -2.51. The molecule has 44 heavy (non-hydrogen) atoms. The molecule has 0 amide bonds. The molecule has 9 nitrogen and oxygen atoms in total. The van der Waals surface area contributed by atoms with E-state index in [1.165, 1.54) is 17.7 Å². The van der Waals surface area contributed by atoms with Crippen molar-refractivity contribution in [1.82, 2.24) is 14.0 Å². The smallest absolute Gasteiger partial charge is 0.337 e. The van der Waals surface area contributed by atoms with Crippen LogP contribution in [0.15, 0.2) is 82.4 Å². The van der Waals surface area contributed by atoms with Gasteiger partial charge in [-0.05, 0) is 42.3 Å². The highest BCUT2D eigenvalue weighted by Crippen LogP contribution is 2.21. The molecule has 1 aliphatic rings. The largest absolute Gasteiger partial charge is 0.465 e. The summed E-state index contributed by atoms with van der Waals surface area (Å²) in [4.78, 5) is 43.6. The molecule has 0 saturated carbocycles. The summed E-state index contributed by atoms with van der Waals surface area (Å²) in [5.41, 5.74) is 7.90. The molecule has 1 saturated heterocycles. The Morgan fingerprint density at radius 2 is 1.50 bits per heavy atom. The number of aromatic nitrogens is 2. The van der Waals surface area contributed by atoms with Gasteiger partial charge in [-0.25, -0.2) is 18.4 Å². The average Bonchev–Trinajstić information content (AvgIpc) is 3.03. The van der Waals surface area contributed by atoms with Crippen LogP contribution in [0, 0.1) is 18.6 Å². The van der Waals surface area contributed by atoms with Crippen LogP contribution >= 0.6 is 0 Å². The first-order chi connectivity index (χ1) is 21.2. The maximum absolute atomic E-state index is 14.7. The third kappa shape index (κ3) is 6.48. The van der Waals surface area contributed by atoms with Crippen LogP contribution in [0.2, 0.25) is 0 Å². The number of hydrogen-bond acceptors (Lipinski definition) is 7. The topological polar surface area (TPSA) is 103 Å². The van der Waals surface area contributed by atoms with Crippen molar-refractivity contribution in [1.29, 1.82) is 0 Å². The number of esters is 1. The number of methoxy groups -OCH3 is 1. The third-order valence-corrected chi connectivity index (χ3v) is 8.11. The summed E-state index contributed by atoms with van der Waals surface area (Å²) >= 11 is 0. The zero-order chi connectivity index (χ0) is 31.4. The second-order valence-electron chi connectivity index (χ2n) is 10.9. The van der Waals surface area contributed by atoms with Gasteiger partial charge >= 0.3 is 11.7 Å². The highest BCUT2D eigenvalue weighted by atomic mass is 19.1. The molecule has 4 aromatic rings. The van der Waals surface area contributed by atoms with Crippen molar-refractivity contribution in [3.63, 3.8) is 0 Å². The van der Waals surface area contributed by atoms with Crippen molar-refractivity contribution < 1.29 is 18.3 Å². The molecule has 1 atom stereocenters. The Hall–Kier alpha value is -4.61. The first-order valence-corrected chi connectivity index (χ1v) is 14.4. The molecule has 1 aliphatic heterocycles. The first-order valence-electron chi connectivity index (χ1n) is 14.4. The van der Waals surface area contributed by atoms with Gasteiger partial charge in [0, 0.05) is 50.0 Å². The summed E-state index contributed by atoms with van der Waals surface area (Å²) in [5, 5.41) is 0. The summed E-state index contributed by atoms with van der Waals surface area (Å²) < 4.78 is 36.5. The number of halogens is 2. The van der Waals surface area contributed by atoms with E-state index in [1.54, 1.807) is 19.1 Å². The number of nitrogens with two attached hydrogens (primary N) is 1. The molecule has 3 aromatic carbocycles. The average molecular weight is 604 g/mol. The molecular formula is C33H35F2N5O4. The van der Waals surface area contributed by atoms with Crippen LogP contribution in [-0.2, 0) is 24.4 Å². The summed E-state index contributed by atoms with van der Waals surface area (Å²) in [6.45, 7) is 4.05. The summed E-state index contributed by atoms with van der Waals surface area (Å²) in [6, 6.07) is 19.3. The predicted octanol–water partition coefficient (Wildman–Crippen LogP) is 3.45. The van der Waals surface area contributed by atoms with Gasteiger partial charge in [0.2, 0.25) is 0 Å². The molecule has 0 aliphatic carbocycles. The van der Waals surface area contributed by atoms with Gasteiger partial charge in [-0.1, -0.05) is 48.5 Å². The standard InChI is InChI=1S/C33H35F2N5O4/c1-22-30(38-17-15-37(16-18-38)19-23-11-13-25(14-12-23)32(42)44-2)31(41)40(21-29(36)24-7-4-3-5-8-24)33(43)39(22)20-26-27(34)9-6-10-28(26)35/h3-14,29H,15-21,36H2,1-2H3/t29-/m0/s1. The van der Waals surface area contributed by atoms with Gasteiger partial charge in [0.15, 0.2) is 0 Å². The van der Waals surface area contributed by atoms with Crippen molar-refractivity contribution in [2.24, 2.45) is 5.73 Å². The third-order valence-electron chi connectivity index (χ3n) is 8.11. The lowest BCUT2D eigenvalue weighted by Gasteiger charge is -2.37. The fourth-order valence-electron chi connectivity index (χ4n) is 5.59. The van der Waals surface area contributed by atoms with Crippen LogP contribution in [0.5, 0.6) is 0 Å². The molecule has 0 bridgehead atoms. The van der Waals surface area contributed by atoms with Gasteiger partial charge in [0.05, 0.1) is 25.8 Å². The molecule has 230 valence electrons. The van der Waals surface area contributed by atoms with E-state index in [0.29, 0.717) is 49.7 Å². The summed E-state index contributed by atoms with van der Waals surface area (Å²) in [7, 11) is 1.34. The van der Waals surface area contributed by atoms with Crippen LogP contribution in [0.1, 0.15) is 38.8 Å². The minimum Gasteiger partial charge on any atom is -0.465 e. The van der Waals surface area contributed by atoms with E-state index in [2.05, 4.69) is 4.90 Å². The van der Waals surface area contributed by atoms with E-state index < -0.39 is 34.9 Å². The summed E-state index contributed by atoms with van der Waals surface area (Å²) in [6.07, 6.45) is 0. The number of ether oxygens (including phenoxy) is 1. The van der Waals surface area contributed by atoms with Gasteiger partial charge in [-0.15, -0.1) is 0 Å². The highest BCUT2D eigenvalue weighted by Gasteiger charge is 2.26. The number of benzene rings is 3. The van der Waals surface area contributed by atoms with E-state index >= 15 is 0 Å². The van der Waals surface area contributed by atoms with Crippen molar-refractivity contribution in [3.8, 4) is 0 Å². The quantitative estimate of drug-likeness (QED) is 0.293. The van der Waals surface area contributed by atoms with E-state index in [-0.39, 0.29) is 18.7 Å². The van der Waals surface area contributed by atoms with Crippen molar-refractivity contribution in [3.05, 3.63) is 133 Å². The zero-order valence-corrected chi connectivity index (χ0v) is 24.7. The van der Waals surface area contributed by atoms with Crippen LogP contribution in [0.3, 0.4) is 0 Å². The van der Waals surface area contributed by atoms with Crippen LogP contribution in [-0.4, -0.2) is 53.3 Å². The van der Waals surface area contributed by atoms with Crippen LogP contribution in [0.25, 0.3) is 0 Å². The first kappa shape index (κ1) is 30.8. The van der Waals surface area contributed by atoms with Crippen LogP contribution < -0.4 is 21.9 Å². The Balaban J connectivity index is 1.44. The molecule has 0 radical (unpaired) electrons. The lowest BCUT2D eigenvalue weighted by atomic mass is 10.1. The predicted molar refractivity (Wildman–Crippen MR) is 164 cm³/mol. The molecule has 0 unspecified atom stereocenters. The minimum absolute atomic E-state index is 0.101. The second kappa shape index (κ2) is 13.4. The maximum Gasteiger partial charge on any atom is 0.337 e. The van der Waals surface area contributed by atoms with Crippen molar-refractivity contribution in [2.45, 2.75) is 32.6 Å². The molecule has 0 spiro atoms. The zero-order valence-electron chi connectivity index (χ0n) is 24.7. The van der Waals surface area contributed by atoms with E-state index in [0.717, 1.165) is 27.8 Å². The fraction of sp³-hybridized carbons (Fsp3) is 0.303. The number of carbonyl (C=O) groups excluding carboxylic acids is 1. The Kier molecular flexibility index (Phi) is 9.36. The van der Waals surface area contributed by atoms with Gasteiger partial charge in [0.1, 0.15) is 17.3 Å². The summed E-state index contributed by atoms with van der Waals surface area (Å²) in [5.74, 6) is -1.94. The van der Waals surface area contributed by atoms with Gasteiger partial charge in [0.25, 0.3) is 5.56 Å².